The van der Waals surface area contributed by atoms with Gasteiger partial charge in [0.05, 0.1) is 5.56 Å². The Balaban J connectivity index is 2.06. The van der Waals surface area contributed by atoms with Crippen LogP contribution < -0.4 is 10.6 Å². The van der Waals surface area contributed by atoms with Crippen molar-refractivity contribution in [2.45, 2.75) is 13.8 Å². The maximum atomic E-state index is 12.1. The minimum Gasteiger partial charge on any atom is -0.351 e. The van der Waals surface area contributed by atoms with Gasteiger partial charge in [-0.3, -0.25) is 9.78 Å². The zero-order valence-electron chi connectivity index (χ0n) is 12.5. The highest BCUT2D eigenvalue weighted by Gasteiger charge is 2.07. The Morgan fingerprint density at radius 2 is 1.86 bits per heavy atom. The van der Waals surface area contributed by atoms with E-state index in [0.29, 0.717) is 12.1 Å². The average molecular weight is 283 g/mol. The Kier molecular flexibility index (Phi) is 5.46. The third-order valence-electron chi connectivity index (χ3n) is 3.22. The van der Waals surface area contributed by atoms with E-state index in [1.807, 2.05) is 25.1 Å². The molecule has 2 aromatic rings. The summed E-state index contributed by atoms with van der Waals surface area (Å²) in [6, 6.07) is 10.1. The minimum atomic E-state index is -0.0886. The normalized spacial score (nSPS) is 10.4. The zero-order valence-corrected chi connectivity index (χ0v) is 12.5. The van der Waals surface area contributed by atoms with Gasteiger partial charge in [0.2, 0.25) is 0 Å². The summed E-state index contributed by atoms with van der Waals surface area (Å²) in [5.74, 6) is -0.0886. The van der Waals surface area contributed by atoms with Crippen LogP contribution >= 0.6 is 0 Å². The summed E-state index contributed by atoms with van der Waals surface area (Å²) in [5.41, 5.74) is 3.82. The van der Waals surface area contributed by atoms with Crippen molar-refractivity contribution in [3.05, 3.63) is 53.9 Å². The SMILES string of the molecule is CCNCCNC(=O)c1cncc(-c2ccc(C)cc2)c1. The lowest BCUT2D eigenvalue weighted by Crippen LogP contribution is -2.31. The molecule has 2 N–H and O–H groups in total. The van der Waals surface area contributed by atoms with Crippen LogP contribution in [0.15, 0.2) is 42.7 Å². The van der Waals surface area contributed by atoms with Gasteiger partial charge in [0, 0.05) is 31.0 Å². The highest BCUT2D eigenvalue weighted by Crippen LogP contribution is 2.19. The number of nitrogens with one attached hydrogen (secondary N) is 2. The first-order chi connectivity index (χ1) is 10.2. The summed E-state index contributed by atoms with van der Waals surface area (Å²) in [6.07, 6.45) is 3.38. The molecule has 2 rings (SSSR count). The number of carbonyl (C=O) groups excluding carboxylic acids is 1. The van der Waals surface area contributed by atoms with Crippen molar-refractivity contribution < 1.29 is 4.79 Å². The number of hydrogen-bond donors (Lipinski definition) is 2. The van der Waals surface area contributed by atoms with Crippen molar-refractivity contribution in [3.63, 3.8) is 0 Å². The molecule has 1 aromatic carbocycles. The molecule has 0 aliphatic carbocycles. The molecule has 0 fully saturated rings. The third-order valence-corrected chi connectivity index (χ3v) is 3.22. The lowest BCUT2D eigenvalue weighted by atomic mass is 10.0. The number of benzene rings is 1. The Bertz CT molecular complexity index is 593. The Hall–Kier alpha value is -2.20. The van der Waals surface area contributed by atoms with Crippen molar-refractivity contribution >= 4 is 5.91 Å². The number of amides is 1. The largest absolute Gasteiger partial charge is 0.351 e. The van der Waals surface area contributed by atoms with Crippen LogP contribution in [0.1, 0.15) is 22.8 Å². The lowest BCUT2D eigenvalue weighted by Gasteiger charge is -2.07. The zero-order chi connectivity index (χ0) is 15.1. The van der Waals surface area contributed by atoms with E-state index in [0.717, 1.165) is 24.2 Å². The topological polar surface area (TPSA) is 54.0 Å². The molecule has 0 bridgehead atoms. The smallest absolute Gasteiger partial charge is 0.252 e. The van der Waals surface area contributed by atoms with Crippen molar-refractivity contribution in [2.75, 3.05) is 19.6 Å². The molecule has 0 atom stereocenters. The van der Waals surface area contributed by atoms with Crippen LogP contribution in [0.3, 0.4) is 0 Å². The van der Waals surface area contributed by atoms with E-state index >= 15 is 0 Å². The molecule has 1 aromatic heterocycles. The Morgan fingerprint density at radius 1 is 1.10 bits per heavy atom. The molecule has 1 amide bonds. The monoisotopic (exact) mass is 283 g/mol. The van der Waals surface area contributed by atoms with Crippen LogP contribution in [0.2, 0.25) is 0 Å². The number of carbonyl (C=O) groups is 1. The number of hydrogen-bond acceptors (Lipinski definition) is 3. The summed E-state index contributed by atoms with van der Waals surface area (Å²) in [6.45, 7) is 6.38. The lowest BCUT2D eigenvalue weighted by molar-refractivity contribution is 0.0953. The van der Waals surface area contributed by atoms with E-state index < -0.39 is 0 Å². The van der Waals surface area contributed by atoms with E-state index in [1.165, 1.54) is 5.56 Å². The molecule has 4 heteroatoms. The molecular weight excluding hydrogens is 262 g/mol. The van der Waals surface area contributed by atoms with Gasteiger partial charge in [-0.05, 0) is 25.1 Å². The molecule has 0 aliphatic rings. The molecule has 110 valence electrons. The van der Waals surface area contributed by atoms with E-state index in [-0.39, 0.29) is 5.91 Å². The van der Waals surface area contributed by atoms with Gasteiger partial charge < -0.3 is 10.6 Å². The molecule has 0 unspecified atom stereocenters. The van der Waals surface area contributed by atoms with Gasteiger partial charge in [0.1, 0.15) is 0 Å². The first-order valence-electron chi connectivity index (χ1n) is 7.21. The quantitative estimate of drug-likeness (QED) is 0.800. The molecule has 21 heavy (non-hydrogen) atoms. The van der Waals surface area contributed by atoms with Gasteiger partial charge in [-0.15, -0.1) is 0 Å². The second-order valence-corrected chi connectivity index (χ2v) is 4.94. The fourth-order valence-electron chi connectivity index (χ4n) is 2.01. The molecule has 0 spiro atoms. The van der Waals surface area contributed by atoms with E-state index in [1.54, 1.807) is 12.4 Å². The number of rotatable bonds is 6. The van der Waals surface area contributed by atoms with Gasteiger partial charge in [0.25, 0.3) is 5.91 Å². The highest BCUT2D eigenvalue weighted by molar-refractivity contribution is 5.95. The Labute approximate surface area is 125 Å². The number of pyridine rings is 1. The van der Waals surface area contributed by atoms with Crippen LogP contribution in [-0.4, -0.2) is 30.5 Å². The van der Waals surface area contributed by atoms with Crippen LogP contribution in [0, 0.1) is 6.92 Å². The summed E-state index contributed by atoms with van der Waals surface area (Å²) >= 11 is 0. The molecule has 0 radical (unpaired) electrons. The fraction of sp³-hybridized carbons (Fsp3) is 0.294. The molecule has 1 heterocycles. The minimum absolute atomic E-state index is 0.0886. The Morgan fingerprint density at radius 3 is 2.57 bits per heavy atom. The van der Waals surface area contributed by atoms with E-state index in [2.05, 4.69) is 34.7 Å². The molecule has 0 saturated heterocycles. The molecular formula is C17H21N3O. The average Bonchev–Trinajstić information content (AvgIpc) is 2.52. The second-order valence-electron chi connectivity index (χ2n) is 4.94. The first-order valence-corrected chi connectivity index (χ1v) is 7.21. The third kappa shape index (κ3) is 4.39. The number of likely N-dealkylation sites (N-methyl/N-ethyl adjacent to an activating group) is 1. The van der Waals surface area contributed by atoms with Crippen LogP contribution in [-0.2, 0) is 0 Å². The summed E-state index contributed by atoms with van der Waals surface area (Å²) in [7, 11) is 0. The van der Waals surface area contributed by atoms with Crippen molar-refractivity contribution in [1.82, 2.24) is 15.6 Å². The summed E-state index contributed by atoms with van der Waals surface area (Å²) in [5, 5.41) is 6.05. The van der Waals surface area contributed by atoms with E-state index in [4.69, 9.17) is 0 Å². The molecule has 0 saturated carbocycles. The van der Waals surface area contributed by atoms with Gasteiger partial charge in [-0.25, -0.2) is 0 Å². The van der Waals surface area contributed by atoms with Gasteiger partial charge in [0.15, 0.2) is 0 Å². The van der Waals surface area contributed by atoms with Crippen LogP contribution in [0.4, 0.5) is 0 Å². The van der Waals surface area contributed by atoms with Gasteiger partial charge >= 0.3 is 0 Å². The fourth-order valence-corrected chi connectivity index (χ4v) is 2.01. The van der Waals surface area contributed by atoms with E-state index in [9.17, 15) is 4.79 Å². The van der Waals surface area contributed by atoms with Crippen molar-refractivity contribution in [2.24, 2.45) is 0 Å². The maximum Gasteiger partial charge on any atom is 0.252 e. The number of aromatic nitrogens is 1. The van der Waals surface area contributed by atoms with Crippen LogP contribution in [0.25, 0.3) is 11.1 Å². The highest BCUT2D eigenvalue weighted by atomic mass is 16.1. The summed E-state index contributed by atoms with van der Waals surface area (Å²) < 4.78 is 0. The number of nitrogens with zero attached hydrogens (tertiary/aromatic N) is 1. The van der Waals surface area contributed by atoms with Gasteiger partial charge in [-0.1, -0.05) is 36.8 Å². The number of aryl methyl sites for hydroxylation is 1. The second kappa shape index (κ2) is 7.55. The van der Waals surface area contributed by atoms with Gasteiger partial charge in [-0.2, -0.15) is 0 Å². The summed E-state index contributed by atoms with van der Waals surface area (Å²) in [4.78, 5) is 16.2. The van der Waals surface area contributed by atoms with Crippen LogP contribution in [0.5, 0.6) is 0 Å². The molecule has 4 nitrogen and oxygen atoms in total. The standard InChI is InChI=1S/C17H21N3O/c1-3-18-8-9-20-17(21)16-10-15(11-19-12-16)14-6-4-13(2)5-7-14/h4-7,10-12,18H,3,8-9H2,1-2H3,(H,20,21). The van der Waals surface area contributed by atoms with Crippen molar-refractivity contribution in [1.29, 1.82) is 0 Å². The first kappa shape index (κ1) is 15.2. The van der Waals surface area contributed by atoms with Crippen molar-refractivity contribution in [3.8, 4) is 11.1 Å². The predicted octanol–water partition coefficient (Wildman–Crippen LogP) is 2.40. The molecule has 0 aliphatic heterocycles. The maximum absolute atomic E-state index is 12.1. The predicted molar refractivity (Wildman–Crippen MR) is 85.3 cm³/mol.